The van der Waals surface area contributed by atoms with Crippen LogP contribution in [0.3, 0.4) is 0 Å². The van der Waals surface area contributed by atoms with E-state index in [0.29, 0.717) is 6.42 Å². The Hall–Kier alpha value is -1.57. The highest BCUT2D eigenvalue weighted by atomic mass is 16.4. The lowest BCUT2D eigenvalue weighted by Gasteiger charge is -2.04. The Morgan fingerprint density at radius 3 is 2.50 bits per heavy atom. The van der Waals surface area contributed by atoms with Gasteiger partial charge >= 0.3 is 5.97 Å². The van der Waals surface area contributed by atoms with Crippen molar-refractivity contribution >= 4 is 5.97 Å². The summed E-state index contributed by atoms with van der Waals surface area (Å²) in [4.78, 5) is 10.8. The minimum absolute atomic E-state index is 0.439. The van der Waals surface area contributed by atoms with Crippen LogP contribution in [0.4, 0.5) is 0 Å². The van der Waals surface area contributed by atoms with Crippen molar-refractivity contribution in [3.8, 4) is 0 Å². The smallest absolute Gasteiger partial charge is 0.310 e. The first-order chi connectivity index (χ1) is 8.51. The normalized spacial score (nSPS) is 13.6. The average molecular weight is 248 g/mol. The van der Waals surface area contributed by atoms with Gasteiger partial charge in [0.25, 0.3) is 0 Å². The van der Waals surface area contributed by atoms with Crippen LogP contribution in [0.2, 0.25) is 0 Å². The minimum atomic E-state index is -0.796. The fourth-order valence-corrected chi connectivity index (χ4v) is 1.62. The van der Waals surface area contributed by atoms with Gasteiger partial charge in [-0.25, -0.2) is 0 Å². The first-order valence-electron chi connectivity index (χ1n) is 6.36. The first-order valence-corrected chi connectivity index (χ1v) is 6.36. The average Bonchev–Trinajstić information content (AvgIpc) is 2.31. The summed E-state index contributed by atoms with van der Waals surface area (Å²) in [5.41, 5.74) is 2.41. The number of hydrogen-bond acceptors (Lipinski definition) is 1. The second-order valence-electron chi connectivity index (χ2n) is 4.44. The lowest BCUT2D eigenvalue weighted by atomic mass is 10.0. The summed E-state index contributed by atoms with van der Waals surface area (Å²) in [6, 6.07) is 0. The number of carboxylic acids is 1. The Kier molecular flexibility index (Phi) is 8.63. The summed E-state index contributed by atoms with van der Waals surface area (Å²) >= 11 is 0. The highest BCUT2D eigenvalue weighted by Crippen LogP contribution is 2.12. The predicted octanol–water partition coefficient (Wildman–Crippen LogP) is 4.51. The lowest BCUT2D eigenvalue weighted by molar-refractivity contribution is -0.140. The van der Waals surface area contributed by atoms with Gasteiger partial charge in [0, 0.05) is 0 Å². The van der Waals surface area contributed by atoms with Crippen molar-refractivity contribution in [1.29, 1.82) is 0 Å². The molecule has 1 unspecified atom stereocenters. The van der Waals surface area contributed by atoms with Crippen LogP contribution in [0, 0.1) is 5.92 Å². The molecule has 0 saturated carbocycles. The quantitative estimate of drug-likeness (QED) is 0.481. The van der Waals surface area contributed by atoms with Crippen LogP contribution in [-0.4, -0.2) is 11.1 Å². The molecule has 0 fully saturated rings. The molecule has 1 atom stereocenters. The van der Waals surface area contributed by atoms with E-state index in [1.54, 1.807) is 0 Å². The van der Waals surface area contributed by atoms with Gasteiger partial charge in [-0.15, -0.1) is 6.58 Å². The van der Waals surface area contributed by atoms with E-state index < -0.39 is 11.9 Å². The van der Waals surface area contributed by atoms with Crippen molar-refractivity contribution in [2.75, 3.05) is 0 Å². The molecule has 0 aliphatic carbocycles. The van der Waals surface area contributed by atoms with E-state index in [0.717, 1.165) is 24.8 Å². The van der Waals surface area contributed by atoms with Crippen molar-refractivity contribution in [2.24, 2.45) is 5.92 Å². The van der Waals surface area contributed by atoms with Gasteiger partial charge in [-0.2, -0.15) is 0 Å². The zero-order valence-corrected chi connectivity index (χ0v) is 11.5. The number of hydrogen-bond donors (Lipinski definition) is 1. The van der Waals surface area contributed by atoms with Gasteiger partial charge in [0.15, 0.2) is 0 Å². The maximum absolute atomic E-state index is 10.8. The summed E-state index contributed by atoms with van der Waals surface area (Å²) in [7, 11) is 0. The molecule has 2 nitrogen and oxygen atoms in total. The molecule has 0 radical (unpaired) electrons. The van der Waals surface area contributed by atoms with Gasteiger partial charge in [0.2, 0.25) is 0 Å². The number of carboxylic acid groups (broad SMARTS) is 1. The zero-order chi connectivity index (χ0) is 14.0. The highest BCUT2D eigenvalue weighted by molar-refractivity contribution is 5.71. The zero-order valence-electron chi connectivity index (χ0n) is 11.5. The van der Waals surface area contributed by atoms with Gasteiger partial charge in [0.05, 0.1) is 5.92 Å². The van der Waals surface area contributed by atoms with E-state index >= 15 is 0 Å². The van der Waals surface area contributed by atoms with E-state index in [4.69, 9.17) is 5.11 Å². The molecule has 0 spiro atoms. The van der Waals surface area contributed by atoms with Crippen molar-refractivity contribution in [3.05, 3.63) is 48.6 Å². The predicted molar refractivity (Wildman–Crippen MR) is 77.5 cm³/mol. The molecule has 0 aromatic carbocycles. The monoisotopic (exact) mass is 248 g/mol. The molecule has 0 rings (SSSR count). The maximum atomic E-state index is 10.8. The number of carbonyl (C=O) groups is 1. The Balaban J connectivity index is 4.07. The maximum Gasteiger partial charge on any atom is 0.310 e. The third-order valence-corrected chi connectivity index (χ3v) is 2.70. The van der Waals surface area contributed by atoms with Crippen molar-refractivity contribution < 1.29 is 9.90 Å². The van der Waals surface area contributed by atoms with Crippen LogP contribution in [0.25, 0.3) is 0 Å². The molecule has 0 saturated heterocycles. The Bertz CT molecular complexity index is 348. The second-order valence-corrected chi connectivity index (χ2v) is 4.44. The van der Waals surface area contributed by atoms with E-state index in [-0.39, 0.29) is 0 Å². The molecule has 0 aliphatic rings. The Morgan fingerprint density at radius 2 is 2.06 bits per heavy atom. The van der Waals surface area contributed by atoms with Crippen molar-refractivity contribution in [3.63, 3.8) is 0 Å². The Labute approximate surface area is 110 Å². The molecule has 0 amide bonds. The third-order valence-electron chi connectivity index (χ3n) is 2.70. The molecule has 1 N–H and O–H groups in total. The van der Waals surface area contributed by atoms with Gasteiger partial charge in [0.1, 0.15) is 0 Å². The van der Waals surface area contributed by atoms with E-state index in [2.05, 4.69) is 32.2 Å². The van der Waals surface area contributed by atoms with Crippen LogP contribution < -0.4 is 0 Å². The summed E-state index contributed by atoms with van der Waals surface area (Å²) in [6.45, 7) is 11.5. The first kappa shape index (κ1) is 16.4. The van der Waals surface area contributed by atoms with Crippen LogP contribution >= 0.6 is 0 Å². The minimum Gasteiger partial charge on any atom is -0.481 e. The number of rotatable bonds is 9. The van der Waals surface area contributed by atoms with E-state index in [1.807, 2.05) is 13.0 Å². The largest absolute Gasteiger partial charge is 0.481 e. The van der Waals surface area contributed by atoms with Gasteiger partial charge in [-0.05, 0) is 32.6 Å². The molecule has 0 aliphatic heterocycles. The topological polar surface area (TPSA) is 37.3 Å². The molecule has 100 valence electrons. The molecule has 0 aromatic heterocycles. The van der Waals surface area contributed by atoms with Crippen LogP contribution in [0.5, 0.6) is 0 Å². The summed E-state index contributed by atoms with van der Waals surface area (Å²) in [5, 5.41) is 8.84. The second kappa shape index (κ2) is 9.46. The fourth-order valence-electron chi connectivity index (χ4n) is 1.62. The third kappa shape index (κ3) is 7.66. The number of allylic oxidation sites excluding steroid dienone is 5. The molecule has 2 heteroatoms. The summed E-state index contributed by atoms with van der Waals surface area (Å²) in [5.74, 6) is -1.24. The van der Waals surface area contributed by atoms with Gasteiger partial charge in [-0.3, -0.25) is 4.79 Å². The Morgan fingerprint density at radius 1 is 1.39 bits per heavy atom. The van der Waals surface area contributed by atoms with Crippen molar-refractivity contribution in [1.82, 2.24) is 0 Å². The molecular weight excluding hydrogens is 224 g/mol. The lowest BCUT2D eigenvalue weighted by Crippen LogP contribution is -2.09. The molecular formula is C16H24O2. The summed E-state index contributed by atoms with van der Waals surface area (Å²) < 4.78 is 0. The SMILES string of the molecule is C=CC(CC/C=C/C/C(=C/C(=C)C)CC)C(=O)O. The van der Waals surface area contributed by atoms with Gasteiger partial charge < -0.3 is 5.11 Å². The van der Waals surface area contributed by atoms with Crippen LogP contribution in [0.1, 0.15) is 39.5 Å². The van der Waals surface area contributed by atoms with Crippen molar-refractivity contribution in [2.45, 2.75) is 39.5 Å². The van der Waals surface area contributed by atoms with Gasteiger partial charge in [-0.1, -0.05) is 49.0 Å². The standard InChI is InChI=1S/C16H24O2/c1-5-14(12-13(3)4)10-8-7-9-11-15(6-2)16(17)18/h6-8,12,15H,2-3,5,9-11H2,1,4H3,(H,17,18)/b8-7+,14-12+. The van der Waals surface area contributed by atoms with Crippen LogP contribution in [-0.2, 0) is 4.79 Å². The summed E-state index contributed by atoms with van der Waals surface area (Å²) in [6.07, 6.45) is 11.1. The van der Waals surface area contributed by atoms with E-state index in [1.165, 1.54) is 11.6 Å². The fraction of sp³-hybridized carbons (Fsp3) is 0.438. The highest BCUT2D eigenvalue weighted by Gasteiger charge is 2.10. The van der Waals surface area contributed by atoms with Crippen LogP contribution in [0.15, 0.2) is 48.6 Å². The molecule has 18 heavy (non-hydrogen) atoms. The molecule has 0 bridgehead atoms. The molecule has 0 aromatic rings. The molecule has 0 heterocycles. The number of aliphatic carboxylic acids is 1. The van der Waals surface area contributed by atoms with E-state index in [9.17, 15) is 4.79 Å².